The Morgan fingerprint density at radius 1 is 1.29 bits per heavy atom. The summed E-state index contributed by atoms with van der Waals surface area (Å²) >= 11 is 0. The van der Waals surface area contributed by atoms with E-state index in [4.69, 9.17) is 5.26 Å². The highest BCUT2D eigenvalue weighted by Crippen LogP contribution is 2.26. The summed E-state index contributed by atoms with van der Waals surface area (Å²) in [7, 11) is 0. The van der Waals surface area contributed by atoms with Gasteiger partial charge in [-0.05, 0) is 18.8 Å². The molecule has 1 aliphatic carbocycles. The first-order valence-corrected chi connectivity index (χ1v) is 6.14. The summed E-state index contributed by atoms with van der Waals surface area (Å²) in [5, 5.41) is 13.3. The predicted molar refractivity (Wildman–Crippen MR) is 62.8 cm³/mol. The third-order valence-electron chi connectivity index (χ3n) is 3.28. The molecule has 1 aliphatic rings. The monoisotopic (exact) mass is 237 g/mol. The van der Waals surface area contributed by atoms with Crippen LogP contribution in [0.4, 0.5) is 0 Å². The van der Waals surface area contributed by atoms with E-state index < -0.39 is 11.8 Å². The van der Waals surface area contributed by atoms with Crippen molar-refractivity contribution in [2.45, 2.75) is 45.1 Å². The maximum atomic E-state index is 11.5. The predicted octanol–water partition coefficient (Wildman–Crippen LogP) is 0.711. The van der Waals surface area contributed by atoms with Gasteiger partial charge in [-0.1, -0.05) is 26.2 Å². The number of amides is 2. The molecule has 1 fully saturated rings. The molecule has 0 aromatic carbocycles. The fraction of sp³-hybridized carbons (Fsp3) is 0.750. The minimum Gasteiger partial charge on any atom is -0.345 e. The van der Waals surface area contributed by atoms with Crippen LogP contribution in [0.5, 0.6) is 0 Å². The second-order valence-corrected chi connectivity index (χ2v) is 4.37. The average molecular weight is 237 g/mol. The van der Waals surface area contributed by atoms with E-state index in [-0.39, 0.29) is 12.6 Å². The molecule has 2 unspecified atom stereocenters. The Morgan fingerprint density at radius 2 is 2.00 bits per heavy atom. The molecule has 5 nitrogen and oxygen atoms in total. The molecule has 0 aromatic heterocycles. The Balaban J connectivity index is 2.43. The Kier molecular flexibility index (Phi) is 5.47. The summed E-state index contributed by atoms with van der Waals surface area (Å²) in [5.74, 6) is -0.867. The summed E-state index contributed by atoms with van der Waals surface area (Å²) < 4.78 is 0. The quantitative estimate of drug-likeness (QED) is 0.560. The van der Waals surface area contributed by atoms with E-state index in [0.29, 0.717) is 5.92 Å². The average Bonchev–Trinajstić information content (AvgIpc) is 2.36. The van der Waals surface area contributed by atoms with Gasteiger partial charge in [-0.2, -0.15) is 5.26 Å². The number of carbonyl (C=O) groups excluding carboxylic acids is 2. The third-order valence-corrected chi connectivity index (χ3v) is 3.28. The van der Waals surface area contributed by atoms with Gasteiger partial charge in [0.2, 0.25) is 0 Å². The van der Waals surface area contributed by atoms with E-state index in [1.807, 2.05) is 0 Å². The van der Waals surface area contributed by atoms with Gasteiger partial charge >= 0.3 is 11.8 Å². The van der Waals surface area contributed by atoms with E-state index in [0.717, 1.165) is 25.7 Å². The zero-order valence-electron chi connectivity index (χ0n) is 10.2. The molecule has 0 bridgehead atoms. The van der Waals surface area contributed by atoms with Gasteiger partial charge in [-0.25, -0.2) is 0 Å². The Morgan fingerprint density at radius 3 is 2.65 bits per heavy atom. The molecular weight excluding hydrogens is 218 g/mol. The van der Waals surface area contributed by atoms with Crippen LogP contribution in [0.3, 0.4) is 0 Å². The van der Waals surface area contributed by atoms with Crippen molar-refractivity contribution in [3.05, 3.63) is 0 Å². The third kappa shape index (κ3) is 4.06. The SMILES string of the molecule is CCC1CCCCC1NC(=O)C(=O)NCC#N. The lowest BCUT2D eigenvalue weighted by Crippen LogP contribution is -2.48. The van der Waals surface area contributed by atoms with Crippen molar-refractivity contribution < 1.29 is 9.59 Å². The molecule has 2 atom stereocenters. The van der Waals surface area contributed by atoms with E-state index in [9.17, 15) is 9.59 Å². The van der Waals surface area contributed by atoms with Gasteiger partial charge in [-0.15, -0.1) is 0 Å². The van der Waals surface area contributed by atoms with Gasteiger partial charge in [0.25, 0.3) is 0 Å². The van der Waals surface area contributed by atoms with Crippen LogP contribution in [0.15, 0.2) is 0 Å². The largest absolute Gasteiger partial charge is 0.345 e. The van der Waals surface area contributed by atoms with Crippen LogP contribution >= 0.6 is 0 Å². The Bertz CT molecular complexity index is 322. The van der Waals surface area contributed by atoms with Gasteiger partial charge in [0.15, 0.2) is 0 Å². The normalized spacial score (nSPS) is 23.5. The molecule has 0 spiro atoms. The second kappa shape index (κ2) is 6.89. The van der Waals surface area contributed by atoms with Gasteiger partial charge < -0.3 is 10.6 Å². The van der Waals surface area contributed by atoms with Crippen LogP contribution in [-0.2, 0) is 9.59 Å². The van der Waals surface area contributed by atoms with Gasteiger partial charge in [0, 0.05) is 6.04 Å². The minimum atomic E-state index is -0.716. The summed E-state index contributed by atoms with van der Waals surface area (Å²) in [4.78, 5) is 22.8. The van der Waals surface area contributed by atoms with Crippen molar-refractivity contribution in [3.63, 3.8) is 0 Å². The lowest BCUT2D eigenvalue weighted by Gasteiger charge is -2.31. The number of nitrogens with one attached hydrogen (secondary N) is 2. The van der Waals surface area contributed by atoms with Gasteiger partial charge in [0.1, 0.15) is 6.54 Å². The molecule has 0 aromatic rings. The summed E-state index contributed by atoms with van der Waals surface area (Å²) in [5.41, 5.74) is 0. The number of nitrogens with zero attached hydrogens (tertiary/aromatic N) is 1. The molecule has 17 heavy (non-hydrogen) atoms. The number of carbonyl (C=O) groups is 2. The molecule has 0 radical (unpaired) electrons. The molecule has 2 amide bonds. The van der Waals surface area contributed by atoms with E-state index in [2.05, 4.69) is 17.6 Å². The molecule has 0 saturated heterocycles. The lowest BCUT2D eigenvalue weighted by molar-refractivity contribution is -0.139. The van der Waals surface area contributed by atoms with Crippen molar-refractivity contribution in [1.82, 2.24) is 10.6 Å². The molecule has 0 heterocycles. The van der Waals surface area contributed by atoms with E-state index >= 15 is 0 Å². The van der Waals surface area contributed by atoms with Crippen molar-refractivity contribution in [2.24, 2.45) is 5.92 Å². The first-order chi connectivity index (χ1) is 8.19. The first kappa shape index (κ1) is 13.5. The minimum absolute atomic E-state index is 0.106. The molecule has 2 N–H and O–H groups in total. The number of rotatable bonds is 3. The highest BCUT2D eigenvalue weighted by atomic mass is 16.2. The number of hydrogen-bond donors (Lipinski definition) is 2. The summed E-state index contributed by atoms with van der Waals surface area (Å²) in [6.45, 7) is 1.97. The van der Waals surface area contributed by atoms with E-state index in [1.54, 1.807) is 6.07 Å². The van der Waals surface area contributed by atoms with Crippen molar-refractivity contribution in [1.29, 1.82) is 5.26 Å². The standard InChI is InChI=1S/C12H19N3O2/c1-2-9-5-3-4-6-10(9)15-12(17)11(16)14-8-7-13/h9-10H,2-6,8H2,1H3,(H,14,16)(H,15,17). The number of nitriles is 1. The smallest absolute Gasteiger partial charge is 0.310 e. The van der Waals surface area contributed by atoms with Crippen LogP contribution in [-0.4, -0.2) is 24.4 Å². The fourth-order valence-corrected chi connectivity index (χ4v) is 2.32. The number of hydrogen-bond acceptors (Lipinski definition) is 3. The van der Waals surface area contributed by atoms with Gasteiger partial charge in [-0.3, -0.25) is 9.59 Å². The molecule has 1 rings (SSSR count). The fourth-order valence-electron chi connectivity index (χ4n) is 2.32. The molecule has 1 saturated carbocycles. The van der Waals surface area contributed by atoms with Crippen LogP contribution in [0.25, 0.3) is 0 Å². The highest BCUT2D eigenvalue weighted by molar-refractivity contribution is 6.35. The van der Waals surface area contributed by atoms with Crippen molar-refractivity contribution >= 4 is 11.8 Å². The second-order valence-electron chi connectivity index (χ2n) is 4.37. The van der Waals surface area contributed by atoms with E-state index in [1.165, 1.54) is 6.42 Å². The summed E-state index contributed by atoms with van der Waals surface area (Å²) in [6, 6.07) is 1.87. The molecule has 5 heteroatoms. The maximum absolute atomic E-state index is 11.5. The van der Waals surface area contributed by atoms with Crippen LogP contribution < -0.4 is 10.6 Å². The summed E-state index contributed by atoms with van der Waals surface area (Å²) in [6.07, 6.45) is 5.37. The van der Waals surface area contributed by atoms with Crippen molar-refractivity contribution in [2.75, 3.05) is 6.54 Å². The molecular formula is C12H19N3O2. The zero-order chi connectivity index (χ0) is 12.7. The van der Waals surface area contributed by atoms with Crippen LogP contribution in [0, 0.1) is 17.2 Å². The Hall–Kier alpha value is -1.57. The highest BCUT2D eigenvalue weighted by Gasteiger charge is 2.26. The van der Waals surface area contributed by atoms with Crippen LogP contribution in [0.2, 0.25) is 0 Å². The Labute approximate surface area is 102 Å². The topological polar surface area (TPSA) is 82.0 Å². The zero-order valence-corrected chi connectivity index (χ0v) is 10.2. The maximum Gasteiger partial charge on any atom is 0.310 e. The lowest BCUT2D eigenvalue weighted by atomic mass is 9.83. The van der Waals surface area contributed by atoms with Crippen LogP contribution in [0.1, 0.15) is 39.0 Å². The first-order valence-electron chi connectivity index (χ1n) is 6.14. The molecule has 94 valence electrons. The van der Waals surface area contributed by atoms with Crippen molar-refractivity contribution in [3.8, 4) is 6.07 Å². The van der Waals surface area contributed by atoms with Gasteiger partial charge in [0.05, 0.1) is 6.07 Å². The molecule has 0 aliphatic heterocycles.